The van der Waals surface area contributed by atoms with Crippen LogP contribution in [0, 0.1) is 0 Å². The van der Waals surface area contributed by atoms with Gasteiger partial charge >= 0.3 is 0 Å². The Kier molecular flexibility index (Phi) is 6.48. The summed E-state index contributed by atoms with van der Waals surface area (Å²) in [6, 6.07) is 14.3. The summed E-state index contributed by atoms with van der Waals surface area (Å²) < 4.78 is 0. The van der Waals surface area contributed by atoms with Crippen LogP contribution in [-0.4, -0.2) is 54.2 Å². The van der Waals surface area contributed by atoms with E-state index in [0.29, 0.717) is 12.8 Å². The molecule has 31 heavy (non-hydrogen) atoms. The lowest BCUT2D eigenvalue weighted by Gasteiger charge is -2.35. The van der Waals surface area contributed by atoms with Gasteiger partial charge in [0.2, 0.25) is 5.91 Å². The number of nitrogens with zero attached hydrogens (tertiary/aromatic N) is 3. The number of carbonyl (C=O) groups is 1. The van der Waals surface area contributed by atoms with Crippen molar-refractivity contribution in [2.24, 2.45) is 0 Å². The van der Waals surface area contributed by atoms with Gasteiger partial charge in [-0.15, -0.1) is 6.58 Å². The molecule has 2 N–H and O–H groups in total. The van der Waals surface area contributed by atoms with Crippen LogP contribution in [0.1, 0.15) is 24.1 Å². The Labute approximate surface area is 183 Å². The summed E-state index contributed by atoms with van der Waals surface area (Å²) in [6.07, 6.45) is 6.91. The zero-order valence-electron chi connectivity index (χ0n) is 18.0. The third kappa shape index (κ3) is 5.03. The van der Waals surface area contributed by atoms with Gasteiger partial charge in [0.1, 0.15) is 0 Å². The second-order valence-corrected chi connectivity index (χ2v) is 7.93. The zero-order chi connectivity index (χ0) is 21.6. The van der Waals surface area contributed by atoms with Crippen LogP contribution in [0.4, 0.5) is 11.4 Å². The minimum absolute atomic E-state index is 0.000463. The van der Waals surface area contributed by atoms with Crippen LogP contribution in [0.5, 0.6) is 0 Å². The van der Waals surface area contributed by atoms with Gasteiger partial charge in [0.15, 0.2) is 0 Å². The number of nitrogens with one attached hydrogen (secondary N) is 2. The van der Waals surface area contributed by atoms with Crippen LogP contribution in [0.25, 0.3) is 23.1 Å². The number of likely N-dealkylation sites (N-methyl/N-ethyl adjacent to an activating group) is 1. The van der Waals surface area contributed by atoms with Crippen LogP contribution >= 0.6 is 0 Å². The normalized spacial score (nSPS) is 14.9. The third-order valence-electron chi connectivity index (χ3n) is 5.64. The van der Waals surface area contributed by atoms with E-state index in [1.165, 1.54) is 0 Å². The Morgan fingerprint density at radius 2 is 1.94 bits per heavy atom. The molecule has 0 unspecified atom stereocenters. The number of fused-ring (bicyclic) bond motifs is 1. The number of allylic oxidation sites excluding steroid dienone is 1. The minimum Gasteiger partial charge on any atom is -0.367 e. The molecule has 1 aliphatic heterocycles. The Balaban J connectivity index is 1.68. The standard InChI is InChI=1S/C25H29N5O/c1-3-4-10-25(31)26-23-17-20-21(12-11-19-8-6-5-7-9-19)27-28-22(20)18-24(23)30-15-13-29(2)14-16-30/h3,5-9,11-12,17-18H,1,4,10,13-16H2,2H3,(H,26,31)(H,27,28). The highest BCUT2D eigenvalue weighted by atomic mass is 16.1. The zero-order valence-corrected chi connectivity index (χ0v) is 18.0. The van der Waals surface area contributed by atoms with Crippen molar-refractivity contribution in [3.8, 4) is 0 Å². The first-order chi connectivity index (χ1) is 15.1. The fourth-order valence-electron chi connectivity index (χ4n) is 3.79. The van der Waals surface area contributed by atoms with E-state index in [-0.39, 0.29) is 5.91 Å². The molecule has 0 radical (unpaired) electrons. The number of anilines is 2. The second-order valence-electron chi connectivity index (χ2n) is 7.93. The van der Waals surface area contributed by atoms with Crippen molar-refractivity contribution >= 4 is 40.3 Å². The van der Waals surface area contributed by atoms with Crippen molar-refractivity contribution in [2.45, 2.75) is 12.8 Å². The maximum atomic E-state index is 12.5. The SMILES string of the molecule is C=CCCC(=O)Nc1cc2c(C=Cc3ccccc3)n[nH]c2cc1N1CCN(C)CC1. The predicted molar refractivity (Wildman–Crippen MR) is 129 cm³/mol. The average Bonchev–Trinajstić information content (AvgIpc) is 3.19. The Morgan fingerprint density at radius 3 is 2.68 bits per heavy atom. The molecule has 0 aliphatic carbocycles. The monoisotopic (exact) mass is 415 g/mol. The largest absolute Gasteiger partial charge is 0.367 e. The summed E-state index contributed by atoms with van der Waals surface area (Å²) in [6.45, 7) is 7.55. The predicted octanol–water partition coefficient (Wildman–Crippen LogP) is 4.39. The summed E-state index contributed by atoms with van der Waals surface area (Å²) in [5, 5.41) is 11.8. The van der Waals surface area contributed by atoms with E-state index in [1.54, 1.807) is 6.08 Å². The molecule has 2 heterocycles. The molecule has 4 rings (SSSR count). The molecule has 6 nitrogen and oxygen atoms in total. The number of piperazine rings is 1. The number of amides is 1. The maximum absolute atomic E-state index is 12.5. The molecular weight excluding hydrogens is 386 g/mol. The van der Waals surface area contributed by atoms with Gasteiger partial charge in [-0.2, -0.15) is 5.10 Å². The Morgan fingerprint density at radius 1 is 1.16 bits per heavy atom. The van der Waals surface area contributed by atoms with Gasteiger partial charge in [-0.25, -0.2) is 0 Å². The van der Waals surface area contributed by atoms with Crippen molar-refractivity contribution in [3.05, 3.63) is 66.4 Å². The van der Waals surface area contributed by atoms with Gasteiger partial charge in [0.05, 0.1) is 22.6 Å². The smallest absolute Gasteiger partial charge is 0.224 e. The lowest BCUT2D eigenvalue weighted by Crippen LogP contribution is -2.44. The summed E-state index contributed by atoms with van der Waals surface area (Å²) in [7, 11) is 2.14. The second kappa shape index (κ2) is 9.62. The average molecular weight is 416 g/mol. The number of hydrogen-bond acceptors (Lipinski definition) is 4. The molecular formula is C25H29N5O. The first-order valence-corrected chi connectivity index (χ1v) is 10.7. The third-order valence-corrected chi connectivity index (χ3v) is 5.64. The molecule has 1 aromatic heterocycles. The molecule has 6 heteroatoms. The summed E-state index contributed by atoms with van der Waals surface area (Å²) >= 11 is 0. The van der Waals surface area contributed by atoms with Crippen molar-refractivity contribution < 1.29 is 4.79 Å². The number of H-pyrrole nitrogens is 1. The van der Waals surface area contributed by atoms with Crippen LogP contribution in [-0.2, 0) is 4.79 Å². The molecule has 1 aliphatic rings. The summed E-state index contributed by atoms with van der Waals surface area (Å²) in [5.74, 6) is -0.000463. The first kappa shape index (κ1) is 20.9. The molecule has 0 atom stereocenters. The molecule has 2 aromatic carbocycles. The fraction of sp³-hybridized carbons (Fsp3) is 0.280. The van der Waals surface area contributed by atoms with Crippen molar-refractivity contribution in [1.29, 1.82) is 0 Å². The fourth-order valence-corrected chi connectivity index (χ4v) is 3.79. The number of benzene rings is 2. The molecule has 0 bridgehead atoms. The lowest BCUT2D eigenvalue weighted by molar-refractivity contribution is -0.116. The van der Waals surface area contributed by atoms with Crippen LogP contribution in [0.2, 0.25) is 0 Å². The van der Waals surface area contributed by atoms with Crippen molar-refractivity contribution in [1.82, 2.24) is 15.1 Å². The molecule has 0 saturated carbocycles. The van der Waals surface area contributed by atoms with Gasteiger partial charge in [-0.05, 0) is 37.2 Å². The number of rotatable bonds is 7. The van der Waals surface area contributed by atoms with E-state index >= 15 is 0 Å². The van der Waals surface area contributed by atoms with E-state index in [1.807, 2.05) is 36.4 Å². The van der Waals surface area contributed by atoms with Crippen LogP contribution < -0.4 is 10.2 Å². The van der Waals surface area contributed by atoms with E-state index in [2.05, 4.69) is 57.1 Å². The maximum Gasteiger partial charge on any atom is 0.224 e. The summed E-state index contributed by atoms with van der Waals surface area (Å²) in [5.41, 5.74) is 4.80. The van der Waals surface area contributed by atoms with E-state index < -0.39 is 0 Å². The molecule has 3 aromatic rings. The number of hydrogen-bond donors (Lipinski definition) is 2. The van der Waals surface area contributed by atoms with E-state index in [0.717, 1.165) is 59.7 Å². The molecule has 160 valence electrons. The number of carbonyl (C=O) groups excluding carboxylic acids is 1. The van der Waals surface area contributed by atoms with Crippen molar-refractivity contribution in [3.63, 3.8) is 0 Å². The van der Waals surface area contributed by atoms with Crippen molar-refractivity contribution in [2.75, 3.05) is 43.4 Å². The highest BCUT2D eigenvalue weighted by molar-refractivity contribution is 6.01. The topological polar surface area (TPSA) is 64.3 Å². The molecule has 1 saturated heterocycles. The van der Waals surface area contributed by atoms with Gasteiger partial charge in [-0.1, -0.05) is 42.5 Å². The first-order valence-electron chi connectivity index (χ1n) is 10.7. The number of aromatic nitrogens is 2. The van der Waals surface area contributed by atoms with Gasteiger partial charge in [0, 0.05) is 38.0 Å². The van der Waals surface area contributed by atoms with Gasteiger partial charge < -0.3 is 15.1 Å². The lowest BCUT2D eigenvalue weighted by atomic mass is 10.1. The van der Waals surface area contributed by atoms with Gasteiger partial charge in [0.25, 0.3) is 0 Å². The van der Waals surface area contributed by atoms with E-state index in [4.69, 9.17) is 0 Å². The highest BCUT2D eigenvalue weighted by Gasteiger charge is 2.20. The Hall–Kier alpha value is -3.38. The minimum atomic E-state index is -0.000463. The quantitative estimate of drug-likeness (QED) is 0.562. The molecule has 0 spiro atoms. The molecule has 1 fully saturated rings. The van der Waals surface area contributed by atoms with E-state index in [9.17, 15) is 4.79 Å². The Bertz CT molecular complexity index is 1080. The summed E-state index contributed by atoms with van der Waals surface area (Å²) in [4.78, 5) is 17.2. The number of aromatic amines is 1. The highest BCUT2D eigenvalue weighted by Crippen LogP contribution is 2.33. The molecule has 1 amide bonds. The van der Waals surface area contributed by atoms with Gasteiger partial charge in [-0.3, -0.25) is 9.89 Å². The van der Waals surface area contributed by atoms with Crippen LogP contribution in [0.3, 0.4) is 0 Å². The van der Waals surface area contributed by atoms with Crippen LogP contribution in [0.15, 0.2) is 55.1 Å².